The highest BCUT2D eigenvalue weighted by Gasteiger charge is 2.46. The molecule has 3 aliphatic rings. The lowest BCUT2D eigenvalue weighted by Crippen LogP contribution is -2.51. The largest absolute Gasteiger partial charge is 0.340 e. The first-order valence-corrected chi connectivity index (χ1v) is 8.74. The van der Waals surface area contributed by atoms with Crippen LogP contribution in [0.3, 0.4) is 0 Å². The van der Waals surface area contributed by atoms with Gasteiger partial charge in [-0.15, -0.1) is 0 Å². The third kappa shape index (κ3) is 2.67. The third-order valence-corrected chi connectivity index (χ3v) is 5.73. The summed E-state index contributed by atoms with van der Waals surface area (Å²) in [6.07, 6.45) is 10.5. The van der Waals surface area contributed by atoms with Crippen molar-refractivity contribution in [2.75, 3.05) is 26.2 Å². The molecule has 5 nitrogen and oxygen atoms in total. The maximum atomic E-state index is 12.7. The second-order valence-corrected chi connectivity index (χ2v) is 7.20. The van der Waals surface area contributed by atoms with E-state index in [0.717, 1.165) is 38.6 Å². The molecule has 1 amide bonds. The van der Waals surface area contributed by atoms with Crippen LogP contribution < -0.4 is 0 Å². The van der Waals surface area contributed by atoms with Gasteiger partial charge in [0, 0.05) is 51.4 Å². The average molecular weight is 302 g/mol. The quantitative estimate of drug-likeness (QED) is 0.852. The highest BCUT2D eigenvalue weighted by Crippen LogP contribution is 2.48. The Morgan fingerprint density at radius 2 is 1.91 bits per heavy atom. The summed E-state index contributed by atoms with van der Waals surface area (Å²) < 4.78 is 1.83. The van der Waals surface area contributed by atoms with Gasteiger partial charge in [0.2, 0.25) is 5.91 Å². The third-order valence-electron chi connectivity index (χ3n) is 5.73. The van der Waals surface area contributed by atoms with Gasteiger partial charge in [-0.1, -0.05) is 12.8 Å². The van der Waals surface area contributed by atoms with E-state index in [1.54, 1.807) is 0 Å². The summed E-state index contributed by atoms with van der Waals surface area (Å²) >= 11 is 0. The fourth-order valence-electron chi connectivity index (χ4n) is 4.28. The van der Waals surface area contributed by atoms with E-state index in [1.807, 2.05) is 17.9 Å². The van der Waals surface area contributed by atoms with Crippen molar-refractivity contribution in [2.45, 2.75) is 44.1 Å². The zero-order chi connectivity index (χ0) is 15.1. The van der Waals surface area contributed by atoms with Crippen LogP contribution in [0.1, 0.15) is 43.6 Å². The Morgan fingerprint density at radius 3 is 2.55 bits per heavy atom. The minimum atomic E-state index is 0.210. The number of rotatable bonds is 3. The van der Waals surface area contributed by atoms with Gasteiger partial charge in [-0.3, -0.25) is 14.4 Å². The number of aromatic nitrogens is 2. The van der Waals surface area contributed by atoms with Crippen LogP contribution in [0.25, 0.3) is 0 Å². The molecule has 120 valence electrons. The number of carbonyl (C=O) groups excluding carboxylic acids is 1. The second kappa shape index (κ2) is 5.69. The van der Waals surface area contributed by atoms with E-state index < -0.39 is 0 Å². The maximum Gasteiger partial charge on any atom is 0.226 e. The lowest BCUT2D eigenvalue weighted by atomic mass is 10.1. The van der Waals surface area contributed by atoms with Crippen molar-refractivity contribution in [1.29, 1.82) is 0 Å². The Morgan fingerprint density at radius 1 is 1.18 bits per heavy atom. The van der Waals surface area contributed by atoms with Gasteiger partial charge in [0.15, 0.2) is 0 Å². The summed E-state index contributed by atoms with van der Waals surface area (Å²) in [5.41, 5.74) is 1.23. The van der Waals surface area contributed by atoms with Crippen LogP contribution in [0.15, 0.2) is 12.4 Å². The fraction of sp³-hybridized carbons (Fsp3) is 0.765. The van der Waals surface area contributed by atoms with Crippen molar-refractivity contribution in [1.82, 2.24) is 19.6 Å². The number of nitrogens with zero attached hydrogens (tertiary/aromatic N) is 4. The van der Waals surface area contributed by atoms with Crippen molar-refractivity contribution in [3.8, 4) is 0 Å². The molecular weight excluding hydrogens is 276 g/mol. The molecule has 0 aromatic carbocycles. The molecule has 0 radical (unpaired) electrons. The molecule has 2 atom stereocenters. The van der Waals surface area contributed by atoms with Gasteiger partial charge in [-0.25, -0.2) is 0 Å². The molecule has 1 aromatic rings. The van der Waals surface area contributed by atoms with Crippen LogP contribution in [0.4, 0.5) is 0 Å². The van der Waals surface area contributed by atoms with Crippen LogP contribution in [-0.2, 0) is 11.8 Å². The van der Waals surface area contributed by atoms with E-state index in [1.165, 1.54) is 31.2 Å². The average Bonchev–Trinajstić information content (AvgIpc) is 2.95. The van der Waals surface area contributed by atoms with E-state index >= 15 is 0 Å². The van der Waals surface area contributed by atoms with Gasteiger partial charge in [-0.2, -0.15) is 5.10 Å². The van der Waals surface area contributed by atoms with E-state index in [9.17, 15) is 4.79 Å². The topological polar surface area (TPSA) is 41.4 Å². The van der Waals surface area contributed by atoms with Gasteiger partial charge < -0.3 is 4.90 Å². The van der Waals surface area contributed by atoms with Crippen LogP contribution in [-0.4, -0.2) is 57.7 Å². The SMILES string of the molecule is Cn1cc([C@@H]2C[C@@H]2C(=O)N2CCN(C3CCCC3)CC2)cn1. The predicted molar refractivity (Wildman–Crippen MR) is 84.5 cm³/mol. The van der Waals surface area contributed by atoms with Crippen LogP contribution in [0.2, 0.25) is 0 Å². The fourth-order valence-corrected chi connectivity index (χ4v) is 4.28. The summed E-state index contributed by atoms with van der Waals surface area (Å²) in [5.74, 6) is 0.996. The Kier molecular flexibility index (Phi) is 3.68. The lowest BCUT2D eigenvalue weighted by Gasteiger charge is -2.38. The predicted octanol–water partition coefficient (Wildman–Crippen LogP) is 1.61. The normalized spacial score (nSPS) is 30.0. The van der Waals surface area contributed by atoms with Gasteiger partial charge in [0.1, 0.15) is 0 Å². The van der Waals surface area contributed by atoms with Gasteiger partial charge >= 0.3 is 0 Å². The minimum Gasteiger partial charge on any atom is -0.340 e. The molecule has 0 N–H and O–H groups in total. The summed E-state index contributed by atoms with van der Waals surface area (Å²) in [4.78, 5) is 17.4. The van der Waals surface area contributed by atoms with Crippen molar-refractivity contribution in [2.24, 2.45) is 13.0 Å². The number of amides is 1. The first-order chi connectivity index (χ1) is 10.7. The first-order valence-electron chi connectivity index (χ1n) is 8.74. The molecule has 2 heterocycles. The summed E-state index contributed by atoms with van der Waals surface area (Å²) in [6.45, 7) is 3.98. The number of piperazine rings is 1. The monoisotopic (exact) mass is 302 g/mol. The standard InChI is InChI=1S/C17H26N4O/c1-19-12-13(11-18-19)15-10-16(15)17(22)21-8-6-20(7-9-21)14-4-2-3-5-14/h11-12,14-16H,2-10H2,1H3/t15-,16-/m0/s1. The van der Waals surface area contributed by atoms with Crippen LogP contribution >= 0.6 is 0 Å². The first kappa shape index (κ1) is 14.2. The molecule has 4 rings (SSSR count). The van der Waals surface area contributed by atoms with E-state index in [2.05, 4.69) is 21.1 Å². The number of aryl methyl sites for hydroxylation is 1. The highest BCUT2D eigenvalue weighted by molar-refractivity contribution is 5.83. The molecule has 2 aliphatic carbocycles. The molecule has 1 aliphatic heterocycles. The van der Waals surface area contributed by atoms with Crippen molar-refractivity contribution in [3.05, 3.63) is 18.0 Å². The summed E-state index contributed by atoms with van der Waals surface area (Å²) in [5, 5.41) is 4.22. The zero-order valence-electron chi connectivity index (χ0n) is 13.4. The summed E-state index contributed by atoms with van der Waals surface area (Å²) in [6, 6.07) is 0.793. The lowest BCUT2D eigenvalue weighted by molar-refractivity contribution is -0.134. The Balaban J connectivity index is 1.30. The molecular formula is C17H26N4O. The molecule has 2 saturated carbocycles. The molecule has 0 unspecified atom stereocenters. The Bertz CT molecular complexity index is 541. The highest BCUT2D eigenvalue weighted by atomic mass is 16.2. The molecule has 0 spiro atoms. The van der Waals surface area contributed by atoms with E-state index in [4.69, 9.17) is 0 Å². The number of hydrogen-bond donors (Lipinski definition) is 0. The Hall–Kier alpha value is -1.36. The van der Waals surface area contributed by atoms with Crippen molar-refractivity contribution in [3.63, 3.8) is 0 Å². The van der Waals surface area contributed by atoms with Crippen LogP contribution in [0, 0.1) is 5.92 Å². The minimum absolute atomic E-state index is 0.210. The van der Waals surface area contributed by atoms with Gasteiger partial charge in [0.25, 0.3) is 0 Å². The second-order valence-electron chi connectivity index (χ2n) is 7.20. The van der Waals surface area contributed by atoms with Gasteiger partial charge in [0.05, 0.1) is 6.20 Å². The zero-order valence-corrected chi connectivity index (χ0v) is 13.4. The molecule has 5 heteroatoms. The smallest absolute Gasteiger partial charge is 0.226 e. The molecule has 1 saturated heterocycles. The summed E-state index contributed by atoms with van der Waals surface area (Å²) in [7, 11) is 1.94. The number of carbonyl (C=O) groups is 1. The Labute approximate surface area is 132 Å². The molecule has 3 fully saturated rings. The molecule has 22 heavy (non-hydrogen) atoms. The van der Waals surface area contributed by atoms with Crippen molar-refractivity contribution >= 4 is 5.91 Å². The molecule has 1 aromatic heterocycles. The maximum absolute atomic E-state index is 12.7. The number of hydrogen-bond acceptors (Lipinski definition) is 3. The van der Waals surface area contributed by atoms with E-state index in [0.29, 0.717) is 11.8 Å². The van der Waals surface area contributed by atoms with Gasteiger partial charge in [-0.05, 0) is 30.7 Å². The van der Waals surface area contributed by atoms with Crippen molar-refractivity contribution < 1.29 is 4.79 Å². The van der Waals surface area contributed by atoms with Crippen LogP contribution in [0.5, 0.6) is 0 Å². The van der Waals surface area contributed by atoms with E-state index in [-0.39, 0.29) is 5.92 Å². The molecule has 0 bridgehead atoms.